The SMILES string of the molecule is CC(Cc1ccc(F)cc1)NC(=O)c1nn(C)cc1N. The molecule has 0 spiro atoms. The fourth-order valence-electron chi connectivity index (χ4n) is 2.00. The Morgan fingerprint density at radius 3 is 2.65 bits per heavy atom. The van der Waals surface area contributed by atoms with Crippen LogP contribution in [0.25, 0.3) is 0 Å². The number of hydrogen-bond donors (Lipinski definition) is 2. The maximum absolute atomic E-state index is 12.8. The number of nitrogens with two attached hydrogens (primary N) is 1. The van der Waals surface area contributed by atoms with Gasteiger partial charge in [0, 0.05) is 19.3 Å². The molecule has 1 amide bonds. The Morgan fingerprint density at radius 2 is 2.10 bits per heavy atom. The van der Waals surface area contributed by atoms with Gasteiger partial charge in [0.1, 0.15) is 5.82 Å². The van der Waals surface area contributed by atoms with Crippen LogP contribution in [0.2, 0.25) is 0 Å². The van der Waals surface area contributed by atoms with Crippen molar-refractivity contribution in [1.82, 2.24) is 15.1 Å². The second kappa shape index (κ2) is 5.73. The van der Waals surface area contributed by atoms with Gasteiger partial charge in [-0.25, -0.2) is 4.39 Å². The number of rotatable bonds is 4. The Morgan fingerprint density at radius 1 is 1.45 bits per heavy atom. The summed E-state index contributed by atoms with van der Waals surface area (Å²) in [5, 5.41) is 6.84. The third-order valence-electron chi connectivity index (χ3n) is 2.90. The molecule has 1 heterocycles. The van der Waals surface area contributed by atoms with Crippen molar-refractivity contribution in [2.24, 2.45) is 7.05 Å². The molecule has 20 heavy (non-hydrogen) atoms. The number of nitrogens with zero attached hydrogens (tertiary/aromatic N) is 2. The van der Waals surface area contributed by atoms with Gasteiger partial charge in [-0.3, -0.25) is 9.48 Å². The zero-order valence-corrected chi connectivity index (χ0v) is 11.4. The number of carbonyl (C=O) groups excluding carboxylic acids is 1. The van der Waals surface area contributed by atoms with Crippen molar-refractivity contribution in [3.05, 3.63) is 47.5 Å². The van der Waals surface area contributed by atoms with E-state index in [4.69, 9.17) is 5.73 Å². The fraction of sp³-hybridized carbons (Fsp3) is 0.286. The van der Waals surface area contributed by atoms with Crippen LogP contribution >= 0.6 is 0 Å². The second-order valence-corrected chi connectivity index (χ2v) is 4.81. The second-order valence-electron chi connectivity index (χ2n) is 4.81. The van der Waals surface area contributed by atoms with Crippen LogP contribution in [-0.2, 0) is 13.5 Å². The maximum atomic E-state index is 12.8. The van der Waals surface area contributed by atoms with Crippen LogP contribution in [0.4, 0.5) is 10.1 Å². The predicted octanol–water partition coefficient (Wildman–Crippen LogP) is 1.50. The summed E-state index contributed by atoms with van der Waals surface area (Å²) in [6.45, 7) is 1.88. The van der Waals surface area contributed by atoms with E-state index in [-0.39, 0.29) is 23.5 Å². The van der Waals surface area contributed by atoms with Crippen LogP contribution in [0.15, 0.2) is 30.5 Å². The van der Waals surface area contributed by atoms with Crippen LogP contribution in [0, 0.1) is 5.82 Å². The van der Waals surface area contributed by atoms with Gasteiger partial charge in [0.25, 0.3) is 5.91 Å². The number of hydrogen-bond acceptors (Lipinski definition) is 3. The van der Waals surface area contributed by atoms with E-state index >= 15 is 0 Å². The van der Waals surface area contributed by atoms with Gasteiger partial charge in [0.15, 0.2) is 5.69 Å². The maximum Gasteiger partial charge on any atom is 0.274 e. The van der Waals surface area contributed by atoms with Crippen molar-refractivity contribution in [3.63, 3.8) is 0 Å². The number of nitrogens with one attached hydrogen (secondary N) is 1. The zero-order valence-electron chi connectivity index (χ0n) is 11.4. The summed E-state index contributed by atoms with van der Waals surface area (Å²) in [4.78, 5) is 12.0. The van der Waals surface area contributed by atoms with E-state index in [9.17, 15) is 9.18 Å². The van der Waals surface area contributed by atoms with E-state index in [1.165, 1.54) is 16.8 Å². The van der Waals surface area contributed by atoms with E-state index in [1.807, 2.05) is 6.92 Å². The number of aromatic nitrogens is 2. The highest BCUT2D eigenvalue weighted by atomic mass is 19.1. The topological polar surface area (TPSA) is 72.9 Å². The average molecular weight is 276 g/mol. The minimum absolute atomic E-state index is 0.102. The molecule has 106 valence electrons. The number of benzene rings is 1. The fourth-order valence-corrected chi connectivity index (χ4v) is 2.00. The molecule has 1 unspecified atom stereocenters. The first-order chi connectivity index (χ1) is 9.45. The Labute approximate surface area is 116 Å². The zero-order chi connectivity index (χ0) is 14.7. The third kappa shape index (κ3) is 3.34. The summed E-state index contributed by atoms with van der Waals surface area (Å²) in [6.07, 6.45) is 2.19. The molecule has 0 fully saturated rings. The standard InChI is InChI=1S/C14H17FN4O/c1-9(7-10-3-5-11(15)6-4-10)17-14(20)13-12(16)8-19(2)18-13/h3-6,8-9H,7,16H2,1-2H3,(H,17,20). The van der Waals surface area contributed by atoms with Crippen LogP contribution in [0.1, 0.15) is 23.0 Å². The minimum Gasteiger partial charge on any atom is -0.396 e. The molecular formula is C14H17FN4O. The highest BCUT2D eigenvalue weighted by molar-refractivity contribution is 5.97. The molecule has 6 heteroatoms. The van der Waals surface area contributed by atoms with E-state index < -0.39 is 0 Å². The molecule has 0 radical (unpaired) electrons. The molecule has 2 rings (SSSR count). The van der Waals surface area contributed by atoms with Crippen molar-refractivity contribution in [2.45, 2.75) is 19.4 Å². The first-order valence-electron chi connectivity index (χ1n) is 6.30. The normalized spacial score (nSPS) is 12.2. The number of nitrogen functional groups attached to an aromatic ring is 1. The largest absolute Gasteiger partial charge is 0.396 e. The lowest BCUT2D eigenvalue weighted by Gasteiger charge is -2.13. The summed E-state index contributed by atoms with van der Waals surface area (Å²) < 4.78 is 14.3. The lowest BCUT2D eigenvalue weighted by atomic mass is 10.1. The van der Waals surface area contributed by atoms with Crippen LogP contribution in [-0.4, -0.2) is 21.7 Å². The molecule has 1 aromatic heterocycles. The van der Waals surface area contributed by atoms with Crippen LogP contribution < -0.4 is 11.1 Å². The summed E-state index contributed by atoms with van der Waals surface area (Å²) >= 11 is 0. The molecular weight excluding hydrogens is 259 g/mol. The highest BCUT2D eigenvalue weighted by Gasteiger charge is 2.16. The van der Waals surface area contributed by atoms with Crippen molar-refractivity contribution in [1.29, 1.82) is 0 Å². The van der Waals surface area contributed by atoms with Gasteiger partial charge in [0.2, 0.25) is 0 Å². The molecule has 3 N–H and O–H groups in total. The van der Waals surface area contributed by atoms with Gasteiger partial charge >= 0.3 is 0 Å². The van der Waals surface area contributed by atoms with Crippen molar-refractivity contribution in [3.8, 4) is 0 Å². The molecule has 2 aromatic rings. The Kier molecular flexibility index (Phi) is 4.02. The first kappa shape index (κ1) is 14.0. The lowest BCUT2D eigenvalue weighted by Crippen LogP contribution is -2.34. The number of amides is 1. The van der Waals surface area contributed by atoms with Crippen LogP contribution in [0.3, 0.4) is 0 Å². The van der Waals surface area contributed by atoms with Gasteiger partial charge in [-0.15, -0.1) is 0 Å². The van der Waals surface area contributed by atoms with Crippen molar-refractivity contribution in [2.75, 3.05) is 5.73 Å². The van der Waals surface area contributed by atoms with Crippen molar-refractivity contribution >= 4 is 11.6 Å². The number of halogens is 1. The van der Waals surface area contributed by atoms with Crippen LogP contribution in [0.5, 0.6) is 0 Å². The predicted molar refractivity (Wildman–Crippen MR) is 74.7 cm³/mol. The molecule has 5 nitrogen and oxygen atoms in total. The van der Waals surface area contributed by atoms with E-state index in [0.717, 1.165) is 5.56 Å². The average Bonchev–Trinajstić information content (AvgIpc) is 2.71. The number of aryl methyl sites for hydroxylation is 1. The summed E-state index contributed by atoms with van der Waals surface area (Å²) in [5.41, 5.74) is 7.22. The number of carbonyl (C=O) groups is 1. The third-order valence-corrected chi connectivity index (χ3v) is 2.90. The quantitative estimate of drug-likeness (QED) is 0.889. The molecule has 1 atom stereocenters. The molecule has 0 saturated carbocycles. The monoisotopic (exact) mass is 276 g/mol. The van der Waals surface area contributed by atoms with Gasteiger partial charge in [-0.2, -0.15) is 5.10 Å². The molecule has 0 saturated heterocycles. The smallest absolute Gasteiger partial charge is 0.274 e. The van der Waals surface area contributed by atoms with Crippen molar-refractivity contribution < 1.29 is 9.18 Å². The summed E-state index contributed by atoms with van der Waals surface area (Å²) in [7, 11) is 1.70. The van der Waals surface area contributed by atoms with E-state index in [2.05, 4.69) is 10.4 Å². The van der Waals surface area contributed by atoms with Gasteiger partial charge in [-0.05, 0) is 31.0 Å². The summed E-state index contributed by atoms with van der Waals surface area (Å²) in [6, 6.07) is 6.11. The molecule has 0 bridgehead atoms. The molecule has 0 aliphatic carbocycles. The summed E-state index contributed by atoms with van der Waals surface area (Å²) in [5.74, 6) is -0.579. The van der Waals surface area contributed by atoms with Gasteiger partial charge in [-0.1, -0.05) is 12.1 Å². The molecule has 0 aliphatic rings. The first-order valence-corrected chi connectivity index (χ1v) is 6.30. The van der Waals surface area contributed by atoms with E-state index in [1.54, 1.807) is 25.4 Å². The Balaban J connectivity index is 1.97. The molecule has 1 aromatic carbocycles. The Hall–Kier alpha value is -2.37. The molecule has 0 aliphatic heterocycles. The Bertz CT molecular complexity index is 606. The minimum atomic E-state index is -0.308. The number of anilines is 1. The van der Waals surface area contributed by atoms with Gasteiger partial charge < -0.3 is 11.1 Å². The highest BCUT2D eigenvalue weighted by Crippen LogP contribution is 2.09. The van der Waals surface area contributed by atoms with E-state index in [0.29, 0.717) is 12.1 Å². The van der Waals surface area contributed by atoms with Gasteiger partial charge in [0.05, 0.1) is 5.69 Å². The lowest BCUT2D eigenvalue weighted by molar-refractivity contribution is 0.0935.